The van der Waals surface area contributed by atoms with Gasteiger partial charge in [0.2, 0.25) is 0 Å². The highest BCUT2D eigenvalue weighted by atomic mass is 15.0. The average molecular weight is 211 g/mol. The summed E-state index contributed by atoms with van der Waals surface area (Å²) < 4.78 is 0. The smallest absolute Gasteiger partial charge is 0.00979 e. The third-order valence-electron chi connectivity index (χ3n) is 4.47. The first-order valence-corrected chi connectivity index (χ1v) is 6.58. The minimum atomic E-state index is 0.375. The lowest BCUT2D eigenvalue weighted by Crippen LogP contribution is -2.49. The molecule has 1 aliphatic rings. The third kappa shape index (κ3) is 3.48. The highest BCUT2D eigenvalue weighted by Crippen LogP contribution is 2.31. The molecular weight excluding hydrogens is 182 g/mol. The maximum Gasteiger partial charge on any atom is 0.00979 e. The molecule has 90 valence electrons. The lowest BCUT2D eigenvalue weighted by atomic mass is 9.77. The van der Waals surface area contributed by atoms with Crippen molar-refractivity contribution < 1.29 is 0 Å². The van der Waals surface area contributed by atoms with Crippen LogP contribution in [0.3, 0.4) is 0 Å². The molecule has 0 aromatic carbocycles. The molecule has 1 heteroatoms. The molecule has 0 amide bonds. The molecule has 4 atom stereocenters. The zero-order valence-corrected chi connectivity index (χ0v) is 11.4. The van der Waals surface area contributed by atoms with E-state index in [9.17, 15) is 0 Å². The van der Waals surface area contributed by atoms with Crippen LogP contribution in [-0.4, -0.2) is 12.1 Å². The topological polar surface area (TPSA) is 12.0 Å². The number of hydrogen-bond acceptors (Lipinski definition) is 1. The summed E-state index contributed by atoms with van der Waals surface area (Å²) in [6.45, 7) is 14.1. The minimum Gasteiger partial charge on any atom is -0.311 e. The van der Waals surface area contributed by atoms with Crippen molar-refractivity contribution in [3.63, 3.8) is 0 Å². The largest absolute Gasteiger partial charge is 0.311 e. The number of rotatable bonds is 2. The van der Waals surface area contributed by atoms with Gasteiger partial charge >= 0.3 is 0 Å². The van der Waals surface area contributed by atoms with Crippen molar-refractivity contribution in [2.75, 3.05) is 0 Å². The van der Waals surface area contributed by atoms with Gasteiger partial charge in [0.1, 0.15) is 0 Å². The molecule has 1 saturated carbocycles. The molecule has 1 N–H and O–H groups in total. The first-order chi connectivity index (χ1) is 6.82. The van der Waals surface area contributed by atoms with E-state index in [1.807, 2.05) is 0 Å². The van der Waals surface area contributed by atoms with E-state index in [0.29, 0.717) is 11.5 Å². The Morgan fingerprint density at radius 3 is 2.27 bits per heavy atom. The molecule has 0 bridgehead atoms. The number of nitrogens with one attached hydrogen (secondary N) is 1. The fourth-order valence-electron chi connectivity index (χ4n) is 2.39. The van der Waals surface area contributed by atoms with E-state index in [1.165, 1.54) is 19.3 Å². The molecule has 1 fully saturated rings. The predicted molar refractivity (Wildman–Crippen MR) is 68.0 cm³/mol. The van der Waals surface area contributed by atoms with Gasteiger partial charge < -0.3 is 5.32 Å². The van der Waals surface area contributed by atoms with Crippen LogP contribution in [0.2, 0.25) is 0 Å². The summed E-state index contributed by atoms with van der Waals surface area (Å²) in [5.41, 5.74) is 0.375. The Hall–Kier alpha value is -0.0400. The van der Waals surface area contributed by atoms with Crippen LogP contribution in [-0.2, 0) is 0 Å². The molecular formula is C14H29N. The monoisotopic (exact) mass is 211 g/mol. The Balaban J connectivity index is 2.50. The summed E-state index contributed by atoms with van der Waals surface area (Å²) in [6, 6.07) is 1.35. The van der Waals surface area contributed by atoms with Crippen LogP contribution in [0.15, 0.2) is 0 Å². The van der Waals surface area contributed by atoms with Crippen molar-refractivity contribution in [1.29, 1.82) is 0 Å². The highest BCUT2D eigenvalue weighted by Gasteiger charge is 2.30. The van der Waals surface area contributed by atoms with E-state index in [1.54, 1.807) is 0 Å². The summed E-state index contributed by atoms with van der Waals surface area (Å²) in [5, 5.41) is 3.84. The molecule has 15 heavy (non-hydrogen) atoms. The molecule has 1 nitrogen and oxygen atoms in total. The van der Waals surface area contributed by atoms with Gasteiger partial charge in [-0.25, -0.2) is 0 Å². The van der Waals surface area contributed by atoms with E-state index >= 15 is 0 Å². The van der Waals surface area contributed by atoms with Gasteiger partial charge in [0.05, 0.1) is 0 Å². The van der Waals surface area contributed by atoms with Crippen LogP contribution in [0.25, 0.3) is 0 Å². The van der Waals surface area contributed by atoms with Crippen molar-refractivity contribution in [1.82, 2.24) is 5.32 Å². The van der Waals surface area contributed by atoms with Gasteiger partial charge in [-0.3, -0.25) is 0 Å². The molecule has 1 rings (SSSR count). The Kier molecular flexibility index (Phi) is 4.22. The Labute approximate surface area is 96.0 Å². The molecule has 0 spiro atoms. The van der Waals surface area contributed by atoms with E-state index < -0.39 is 0 Å². The summed E-state index contributed by atoms with van der Waals surface area (Å²) in [5.74, 6) is 1.73. The molecule has 0 heterocycles. The zero-order chi connectivity index (χ0) is 11.6. The molecule has 4 unspecified atom stereocenters. The summed E-state index contributed by atoms with van der Waals surface area (Å²) in [6.07, 6.45) is 4.19. The van der Waals surface area contributed by atoms with Gasteiger partial charge in [0.25, 0.3) is 0 Å². The quantitative estimate of drug-likeness (QED) is 0.732. The fraction of sp³-hybridized carbons (Fsp3) is 1.00. The van der Waals surface area contributed by atoms with Gasteiger partial charge in [0.15, 0.2) is 0 Å². The van der Waals surface area contributed by atoms with Crippen molar-refractivity contribution >= 4 is 0 Å². The summed E-state index contributed by atoms with van der Waals surface area (Å²) in [7, 11) is 0. The Morgan fingerprint density at radius 2 is 1.73 bits per heavy atom. The maximum atomic E-state index is 3.84. The third-order valence-corrected chi connectivity index (χ3v) is 4.47. The van der Waals surface area contributed by atoms with Gasteiger partial charge in [0, 0.05) is 12.1 Å². The average Bonchev–Trinajstić information content (AvgIpc) is 2.11. The van der Waals surface area contributed by atoms with Crippen LogP contribution >= 0.6 is 0 Å². The SMILES string of the molecule is CC1CCCC(NC(C)C(C)(C)C)C1C. The van der Waals surface area contributed by atoms with Crippen LogP contribution in [0.4, 0.5) is 0 Å². The van der Waals surface area contributed by atoms with Crippen LogP contribution in [0.5, 0.6) is 0 Å². The van der Waals surface area contributed by atoms with E-state index in [-0.39, 0.29) is 0 Å². The highest BCUT2D eigenvalue weighted by molar-refractivity contribution is 4.87. The van der Waals surface area contributed by atoms with E-state index in [2.05, 4.69) is 46.9 Å². The predicted octanol–water partition coefficient (Wildman–Crippen LogP) is 3.84. The molecule has 0 saturated heterocycles. The fourth-order valence-corrected chi connectivity index (χ4v) is 2.39. The molecule has 0 aliphatic heterocycles. The van der Waals surface area contributed by atoms with Crippen molar-refractivity contribution in [3.8, 4) is 0 Å². The standard InChI is InChI=1S/C14H29N/c1-10-8-7-9-13(11(10)2)15-12(3)14(4,5)6/h10-13,15H,7-9H2,1-6H3. The van der Waals surface area contributed by atoms with Crippen molar-refractivity contribution in [3.05, 3.63) is 0 Å². The molecule has 0 aromatic rings. The number of hydrogen-bond donors (Lipinski definition) is 1. The second-order valence-corrected chi connectivity index (χ2v) is 6.63. The first kappa shape index (κ1) is 13.0. The second-order valence-electron chi connectivity index (χ2n) is 6.63. The zero-order valence-electron chi connectivity index (χ0n) is 11.4. The molecule has 0 aromatic heterocycles. The van der Waals surface area contributed by atoms with E-state index in [0.717, 1.165) is 17.9 Å². The van der Waals surface area contributed by atoms with Crippen molar-refractivity contribution in [2.45, 2.75) is 72.9 Å². The van der Waals surface area contributed by atoms with Gasteiger partial charge in [-0.1, -0.05) is 47.5 Å². The first-order valence-electron chi connectivity index (χ1n) is 6.58. The second kappa shape index (κ2) is 4.86. The van der Waals surface area contributed by atoms with Crippen LogP contribution in [0, 0.1) is 17.3 Å². The molecule has 1 aliphatic carbocycles. The van der Waals surface area contributed by atoms with E-state index in [4.69, 9.17) is 0 Å². The lowest BCUT2D eigenvalue weighted by molar-refractivity contribution is 0.163. The van der Waals surface area contributed by atoms with Gasteiger partial charge in [-0.2, -0.15) is 0 Å². The van der Waals surface area contributed by atoms with Crippen molar-refractivity contribution in [2.24, 2.45) is 17.3 Å². The van der Waals surface area contributed by atoms with Gasteiger partial charge in [-0.05, 0) is 30.6 Å². The summed E-state index contributed by atoms with van der Waals surface area (Å²) in [4.78, 5) is 0. The lowest BCUT2D eigenvalue weighted by Gasteiger charge is -2.39. The molecule has 0 radical (unpaired) electrons. The minimum absolute atomic E-state index is 0.375. The van der Waals surface area contributed by atoms with Crippen LogP contribution in [0.1, 0.15) is 60.8 Å². The summed E-state index contributed by atoms with van der Waals surface area (Å²) >= 11 is 0. The van der Waals surface area contributed by atoms with Gasteiger partial charge in [-0.15, -0.1) is 0 Å². The maximum absolute atomic E-state index is 3.84. The van der Waals surface area contributed by atoms with Crippen LogP contribution < -0.4 is 5.32 Å². The Morgan fingerprint density at radius 1 is 1.13 bits per heavy atom. The normalized spacial score (nSPS) is 35.2. The Bertz CT molecular complexity index is 192.